The van der Waals surface area contributed by atoms with Crippen molar-refractivity contribution in [2.45, 2.75) is 51.1 Å². The van der Waals surface area contributed by atoms with Crippen LogP contribution in [0.25, 0.3) is 10.2 Å². The highest BCUT2D eigenvalue weighted by Gasteiger charge is 2.26. The summed E-state index contributed by atoms with van der Waals surface area (Å²) in [5.74, 6) is 0.264. The van der Waals surface area contributed by atoms with Crippen LogP contribution in [0.4, 0.5) is 0 Å². The minimum absolute atomic E-state index is 0.252. The van der Waals surface area contributed by atoms with Gasteiger partial charge in [0.05, 0.1) is 15.2 Å². The van der Waals surface area contributed by atoms with Gasteiger partial charge >= 0.3 is 0 Å². The number of nitrogens with two attached hydrogens (primary N) is 1. The number of fused-ring (bicyclic) bond motifs is 1. The molecule has 1 aliphatic heterocycles. The Hall–Kier alpha value is -1.46. The van der Waals surface area contributed by atoms with Gasteiger partial charge in [0.1, 0.15) is 0 Å². The molecule has 2 atom stereocenters. The first-order valence-corrected chi connectivity index (χ1v) is 8.84. The van der Waals surface area contributed by atoms with Crippen molar-refractivity contribution >= 4 is 27.5 Å². The molecule has 5 heteroatoms. The average molecular weight is 317 g/mol. The number of thiazole rings is 1. The summed E-state index contributed by atoms with van der Waals surface area (Å²) >= 11 is 1.73. The van der Waals surface area contributed by atoms with Gasteiger partial charge in [-0.05, 0) is 44.7 Å². The summed E-state index contributed by atoms with van der Waals surface area (Å²) in [6, 6.07) is 8.72. The van der Waals surface area contributed by atoms with Crippen LogP contribution in [0.2, 0.25) is 0 Å². The number of rotatable bonds is 4. The van der Waals surface area contributed by atoms with E-state index in [-0.39, 0.29) is 18.0 Å². The van der Waals surface area contributed by atoms with Crippen LogP contribution in [0, 0.1) is 0 Å². The van der Waals surface area contributed by atoms with Crippen LogP contribution in [-0.4, -0.2) is 34.4 Å². The molecule has 3 rings (SSSR count). The number of benzene rings is 1. The lowest BCUT2D eigenvalue weighted by molar-refractivity contribution is -0.134. The normalized spacial score (nSPS) is 22.2. The van der Waals surface area contributed by atoms with Crippen molar-refractivity contribution in [1.29, 1.82) is 0 Å². The molecule has 1 aliphatic rings. The van der Waals surface area contributed by atoms with E-state index < -0.39 is 0 Å². The summed E-state index contributed by atoms with van der Waals surface area (Å²) < 4.78 is 1.22. The van der Waals surface area contributed by atoms with Gasteiger partial charge in [0.25, 0.3) is 0 Å². The Labute approximate surface area is 135 Å². The molecule has 1 aromatic carbocycles. The largest absolute Gasteiger partial charge is 0.340 e. The zero-order valence-corrected chi connectivity index (χ0v) is 13.8. The number of hydrogen-bond donors (Lipinski definition) is 1. The molecule has 0 aliphatic carbocycles. The molecule has 22 heavy (non-hydrogen) atoms. The molecule has 0 spiro atoms. The number of likely N-dealkylation sites (tertiary alicyclic amines) is 1. The van der Waals surface area contributed by atoms with Gasteiger partial charge in [0.2, 0.25) is 5.91 Å². The van der Waals surface area contributed by atoms with E-state index in [1.54, 1.807) is 11.3 Å². The Balaban J connectivity index is 1.51. The van der Waals surface area contributed by atoms with Gasteiger partial charge in [-0.15, -0.1) is 11.3 Å². The Bertz CT molecular complexity index is 621. The number of aryl methyl sites for hydroxylation is 1. The van der Waals surface area contributed by atoms with E-state index in [1.165, 1.54) is 4.70 Å². The molecular formula is C17H23N3OS. The maximum Gasteiger partial charge on any atom is 0.222 e. The van der Waals surface area contributed by atoms with Gasteiger partial charge in [0.15, 0.2) is 0 Å². The van der Waals surface area contributed by atoms with Gasteiger partial charge in [-0.1, -0.05) is 12.1 Å². The minimum atomic E-state index is 0.252. The molecule has 0 radical (unpaired) electrons. The van der Waals surface area contributed by atoms with E-state index in [1.807, 2.05) is 23.1 Å². The SMILES string of the molecule is C[C@@H]1C[C@@H](N)CCN1C(=O)CCCc1nc2ccccc2s1. The summed E-state index contributed by atoms with van der Waals surface area (Å²) in [4.78, 5) is 19.0. The van der Waals surface area contributed by atoms with Crippen molar-refractivity contribution in [3.05, 3.63) is 29.3 Å². The number of amides is 1. The first-order valence-electron chi connectivity index (χ1n) is 8.03. The first-order chi connectivity index (χ1) is 10.6. The van der Waals surface area contributed by atoms with Crippen molar-refractivity contribution in [3.63, 3.8) is 0 Å². The molecule has 0 bridgehead atoms. The van der Waals surface area contributed by atoms with Gasteiger partial charge in [-0.2, -0.15) is 0 Å². The quantitative estimate of drug-likeness (QED) is 0.943. The van der Waals surface area contributed by atoms with E-state index >= 15 is 0 Å². The molecule has 2 heterocycles. The smallest absolute Gasteiger partial charge is 0.222 e. The van der Waals surface area contributed by atoms with Crippen LogP contribution in [-0.2, 0) is 11.2 Å². The highest BCUT2D eigenvalue weighted by Crippen LogP contribution is 2.23. The molecule has 1 saturated heterocycles. The molecule has 1 amide bonds. The monoisotopic (exact) mass is 317 g/mol. The van der Waals surface area contributed by atoms with Crippen LogP contribution in [0.1, 0.15) is 37.6 Å². The van der Waals surface area contributed by atoms with Crippen molar-refractivity contribution < 1.29 is 4.79 Å². The van der Waals surface area contributed by atoms with E-state index in [9.17, 15) is 4.79 Å². The summed E-state index contributed by atoms with van der Waals surface area (Å²) in [5, 5.41) is 1.13. The third-order valence-corrected chi connectivity index (χ3v) is 5.45. The van der Waals surface area contributed by atoms with Crippen LogP contribution in [0.3, 0.4) is 0 Å². The number of piperidine rings is 1. The number of carbonyl (C=O) groups excluding carboxylic acids is 1. The second-order valence-electron chi connectivity index (χ2n) is 6.15. The van der Waals surface area contributed by atoms with Crippen molar-refractivity contribution in [1.82, 2.24) is 9.88 Å². The fraction of sp³-hybridized carbons (Fsp3) is 0.529. The van der Waals surface area contributed by atoms with Gasteiger partial charge in [0, 0.05) is 25.0 Å². The number of hydrogen-bond acceptors (Lipinski definition) is 4. The molecule has 1 fully saturated rings. The van der Waals surface area contributed by atoms with Gasteiger partial charge in [-0.3, -0.25) is 4.79 Å². The Morgan fingerprint density at radius 3 is 3.05 bits per heavy atom. The maximum atomic E-state index is 12.3. The summed E-state index contributed by atoms with van der Waals surface area (Å²) in [7, 11) is 0. The van der Waals surface area contributed by atoms with Gasteiger partial charge in [-0.25, -0.2) is 4.98 Å². The highest BCUT2D eigenvalue weighted by molar-refractivity contribution is 7.18. The maximum absolute atomic E-state index is 12.3. The van der Waals surface area contributed by atoms with E-state index in [0.29, 0.717) is 6.42 Å². The number of carbonyl (C=O) groups is 1. The lowest BCUT2D eigenvalue weighted by Crippen LogP contribution is -2.48. The summed E-state index contributed by atoms with van der Waals surface area (Å²) in [5.41, 5.74) is 7.02. The average Bonchev–Trinajstić information content (AvgIpc) is 2.89. The Kier molecular flexibility index (Phi) is 4.74. The standard InChI is InChI=1S/C17H23N3OS/c1-12-11-13(18)9-10-20(12)17(21)8-4-7-16-19-14-5-2-3-6-15(14)22-16/h2-3,5-6,12-13H,4,7-11,18H2,1H3/t12-,13+/m1/s1. The zero-order valence-electron chi connectivity index (χ0n) is 13.0. The minimum Gasteiger partial charge on any atom is -0.340 e. The lowest BCUT2D eigenvalue weighted by atomic mass is 9.98. The second kappa shape index (κ2) is 6.75. The fourth-order valence-corrected chi connectivity index (χ4v) is 4.15. The highest BCUT2D eigenvalue weighted by atomic mass is 32.1. The second-order valence-corrected chi connectivity index (χ2v) is 7.26. The molecule has 118 valence electrons. The van der Waals surface area contributed by atoms with E-state index in [4.69, 9.17) is 5.73 Å². The van der Waals surface area contributed by atoms with Crippen molar-refractivity contribution in [3.8, 4) is 0 Å². The number of aromatic nitrogens is 1. The number of nitrogens with zero attached hydrogens (tertiary/aromatic N) is 2. The third-order valence-electron chi connectivity index (χ3n) is 4.36. The topological polar surface area (TPSA) is 59.2 Å². The predicted molar refractivity (Wildman–Crippen MR) is 90.9 cm³/mol. The lowest BCUT2D eigenvalue weighted by Gasteiger charge is -2.36. The molecule has 2 aromatic rings. The third kappa shape index (κ3) is 3.47. The number of para-hydroxylation sites is 1. The van der Waals surface area contributed by atoms with Crippen LogP contribution in [0.5, 0.6) is 0 Å². The molecule has 2 N–H and O–H groups in total. The molecule has 0 unspecified atom stereocenters. The molecule has 0 saturated carbocycles. The first kappa shape index (κ1) is 15.4. The van der Waals surface area contributed by atoms with Crippen molar-refractivity contribution in [2.75, 3.05) is 6.54 Å². The Morgan fingerprint density at radius 1 is 1.45 bits per heavy atom. The van der Waals surface area contributed by atoms with Crippen LogP contribution in [0.15, 0.2) is 24.3 Å². The Morgan fingerprint density at radius 2 is 2.27 bits per heavy atom. The van der Waals surface area contributed by atoms with Crippen LogP contribution < -0.4 is 5.73 Å². The fourth-order valence-electron chi connectivity index (χ4n) is 3.14. The van der Waals surface area contributed by atoms with E-state index in [0.717, 1.165) is 42.8 Å². The molecular weight excluding hydrogens is 294 g/mol. The van der Waals surface area contributed by atoms with Gasteiger partial charge < -0.3 is 10.6 Å². The summed E-state index contributed by atoms with van der Waals surface area (Å²) in [6.45, 7) is 2.91. The molecule has 4 nitrogen and oxygen atoms in total. The van der Waals surface area contributed by atoms with Crippen LogP contribution >= 0.6 is 11.3 Å². The molecule has 1 aromatic heterocycles. The summed E-state index contributed by atoms with van der Waals surface area (Å²) in [6.07, 6.45) is 4.20. The predicted octanol–water partition coefficient (Wildman–Crippen LogP) is 2.96. The van der Waals surface area contributed by atoms with Crippen molar-refractivity contribution in [2.24, 2.45) is 5.73 Å². The van der Waals surface area contributed by atoms with E-state index in [2.05, 4.69) is 18.0 Å². The zero-order chi connectivity index (χ0) is 15.5.